The molecule has 1 aliphatic carbocycles. The molecule has 1 aromatic carbocycles. The van der Waals surface area contributed by atoms with Crippen LogP contribution in [0.1, 0.15) is 17.3 Å². The Labute approximate surface area is 179 Å². The van der Waals surface area contributed by atoms with Gasteiger partial charge in [-0.3, -0.25) is 15.5 Å². The second kappa shape index (κ2) is 9.39. The lowest BCUT2D eigenvalue weighted by Crippen LogP contribution is -2.34. The predicted octanol–water partition coefficient (Wildman–Crippen LogP) is 3.12. The first kappa shape index (κ1) is 23.3. The number of carbonyl (C=O) groups is 1. The molecule has 1 amide bonds. The first-order valence-corrected chi connectivity index (χ1v) is 9.31. The average Bonchev–Trinajstić information content (AvgIpc) is 3.12. The van der Waals surface area contributed by atoms with Crippen LogP contribution in [0.2, 0.25) is 0 Å². The number of amidine groups is 1. The summed E-state index contributed by atoms with van der Waals surface area (Å²) in [6, 6.07) is 2.06. The number of methoxy groups -OCH3 is 1. The summed E-state index contributed by atoms with van der Waals surface area (Å²) in [6.45, 7) is 1.81. The Kier molecular flexibility index (Phi) is 6.82. The molecule has 1 heterocycles. The van der Waals surface area contributed by atoms with Crippen molar-refractivity contribution in [2.24, 2.45) is 21.0 Å². The van der Waals surface area contributed by atoms with Gasteiger partial charge in [0.25, 0.3) is 5.91 Å². The van der Waals surface area contributed by atoms with Crippen LogP contribution in [-0.4, -0.2) is 49.3 Å². The van der Waals surface area contributed by atoms with Crippen molar-refractivity contribution in [1.82, 2.24) is 10.7 Å². The van der Waals surface area contributed by atoms with Gasteiger partial charge >= 0.3 is 6.18 Å². The van der Waals surface area contributed by atoms with Crippen LogP contribution >= 0.6 is 0 Å². The molecule has 2 aliphatic rings. The maximum Gasteiger partial charge on any atom is 0.400 e. The number of alkyl halides is 3. The van der Waals surface area contributed by atoms with Gasteiger partial charge in [-0.15, -0.1) is 0 Å². The quantitative estimate of drug-likeness (QED) is 0.416. The maximum atomic E-state index is 13.5. The van der Waals surface area contributed by atoms with Crippen molar-refractivity contribution in [3.8, 4) is 0 Å². The average molecular weight is 455 g/mol. The highest BCUT2D eigenvalue weighted by atomic mass is 19.4. The van der Waals surface area contributed by atoms with Crippen LogP contribution in [0.5, 0.6) is 0 Å². The highest BCUT2D eigenvalue weighted by molar-refractivity contribution is 6.30. The van der Waals surface area contributed by atoms with E-state index in [9.17, 15) is 26.7 Å². The summed E-state index contributed by atoms with van der Waals surface area (Å²) >= 11 is 0. The number of aliphatic imine (C=N–C) groups is 2. The van der Waals surface area contributed by atoms with Gasteiger partial charge in [0.15, 0.2) is 17.5 Å². The van der Waals surface area contributed by atoms with Crippen LogP contribution < -0.4 is 10.7 Å². The van der Waals surface area contributed by atoms with E-state index in [1.807, 2.05) is 0 Å². The summed E-state index contributed by atoms with van der Waals surface area (Å²) in [5.74, 6) is -5.44. The smallest absolute Gasteiger partial charge is 0.382 e. The summed E-state index contributed by atoms with van der Waals surface area (Å²) < 4.78 is 71.4. The summed E-state index contributed by atoms with van der Waals surface area (Å²) in [5, 5.41) is 6.08. The Bertz CT molecular complexity index is 1060. The molecule has 1 aliphatic heterocycles. The van der Waals surface area contributed by atoms with Crippen LogP contribution in [0.25, 0.3) is 0 Å². The zero-order chi connectivity index (χ0) is 23.5. The molecule has 0 bridgehead atoms. The van der Waals surface area contributed by atoms with Gasteiger partial charge < -0.3 is 4.74 Å². The lowest BCUT2D eigenvalue weighted by atomic mass is 9.91. The Morgan fingerprint density at radius 3 is 2.72 bits per heavy atom. The van der Waals surface area contributed by atoms with Gasteiger partial charge in [0.1, 0.15) is 5.92 Å². The second-order valence-electron chi connectivity index (χ2n) is 6.89. The van der Waals surface area contributed by atoms with Gasteiger partial charge in [-0.05, 0) is 31.2 Å². The van der Waals surface area contributed by atoms with Crippen LogP contribution in [0.3, 0.4) is 0 Å². The molecule has 1 aromatic rings. The summed E-state index contributed by atoms with van der Waals surface area (Å²) in [4.78, 5) is 20.8. The third-order valence-electron chi connectivity index (χ3n) is 4.40. The van der Waals surface area contributed by atoms with E-state index in [1.165, 1.54) is 19.3 Å². The molecule has 2 N–H and O–H groups in total. The second-order valence-corrected chi connectivity index (χ2v) is 6.89. The first-order chi connectivity index (χ1) is 15.1. The molecule has 1 unspecified atom stereocenters. The van der Waals surface area contributed by atoms with Crippen LogP contribution in [0.4, 0.5) is 22.0 Å². The Morgan fingerprint density at radius 1 is 1.31 bits per heavy atom. The molecule has 0 aromatic heterocycles. The zero-order valence-electron chi connectivity index (χ0n) is 16.9. The predicted molar refractivity (Wildman–Crippen MR) is 107 cm³/mol. The molecule has 170 valence electrons. The lowest BCUT2D eigenvalue weighted by Gasteiger charge is -2.19. The Balaban J connectivity index is 1.89. The molecular formula is C20H18F5N5O2. The lowest BCUT2D eigenvalue weighted by molar-refractivity contribution is -0.143. The van der Waals surface area contributed by atoms with Crippen molar-refractivity contribution >= 4 is 23.4 Å². The number of allylic oxidation sites excluding steroid dienone is 3. The number of halogens is 5. The molecular weight excluding hydrogens is 437 g/mol. The number of ether oxygens (including phenoxy) is 1. The number of hydrogen-bond donors (Lipinski definition) is 2. The molecule has 12 heteroatoms. The normalized spacial score (nSPS) is 20.4. The van der Waals surface area contributed by atoms with Crippen molar-refractivity contribution in [3.05, 3.63) is 59.2 Å². The molecule has 7 nitrogen and oxygen atoms in total. The van der Waals surface area contributed by atoms with Crippen LogP contribution in [0.15, 0.2) is 57.1 Å². The molecule has 0 saturated carbocycles. The third kappa shape index (κ3) is 5.25. The van der Waals surface area contributed by atoms with E-state index in [2.05, 4.69) is 25.8 Å². The number of carbonyl (C=O) groups excluding carboxylic acids is 1. The third-order valence-corrected chi connectivity index (χ3v) is 4.40. The number of amides is 1. The number of nitrogens with one attached hydrogen (secondary N) is 2. The van der Waals surface area contributed by atoms with Gasteiger partial charge in [-0.1, -0.05) is 12.2 Å². The molecule has 0 radical (unpaired) electrons. The summed E-state index contributed by atoms with van der Waals surface area (Å²) in [5.41, 5.74) is 2.04. The van der Waals surface area contributed by atoms with E-state index in [0.29, 0.717) is 6.07 Å². The largest absolute Gasteiger partial charge is 0.400 e. The minimum Gasteiger partial charge on any atom is -0.382 e. The monoisotopic (exact) mass is 455 g/mol. The number of hydrogen-bond acceptors (Lipinski definition) is 4. The SMILES string of the molecule is COC[C@H](C)N=C(N=C1NN=C2C1=CC=CC2C(F)(F)F)NC(=O)c1ccc(F)c(F)c1. The van der Waals surface area contributed by atoms with Gasteiger partial charge in [0.05, 0.1) is 18.4 Å². The molecule has 3 rings (SSSR count). The Morgan fingerprint density at radius 2 is 2.06 bits per heavy atom. The van der Waals surface area contributed by atoms with E-state index in [-0.39, 0.29) is 35.3 Å². The number of nitrogens with zero attached hydrogens (tertiary/aromatic N) is 3. The highest BCUT2D eigenvalue weighted by Gasteiger charge is 2.45. The van der Waals surface area contributed by atoms with Gasteiger partial charge in [0, 0.05) is 18.2 Å². The summed E-state index contributed by atoms with van der Waals surface area (Å²) in [6.07, 6.45) is -0.948. The van der Waals surface area contributed by atoms with E-state index < -0.39 is 35.7 Å². The van der Waals surface area contributed by atoms with Crippen LogP contribution in [0, 0.1) is 17.6 Å². The fourth-order valence-corrected chi connectivity index (χ4v) is 2.95. The molecule has 32 heavy (non-hydrogen) atoms. The van der Waals surface area contributed by atoms with Gasteiger partial charge in [-0.25, -0.2) is 13.8 Å². The number of benzene rings is 1. The number of guanidine groups is 1. The van der Waals surface area contributed by atoms with Crippen molar-refractivity contribution in [2.45, 2.75) is 19.1 Å². The van der Waals surface area contributed by atoms with Crippen molar-refractivity contribution in [1.29, 1.82) is 0 Å². The summed E-state index contributed by atoms with van der Waals surface area (Å²) in [7, 11) is 1.44. The molecule has 0 spiro atoms. The van der Waals surface area contributed by atoms with E-state index in [1.54, 1.807) is 6.92 Å². The zero-order valence-corrected chi connectivity index (χ0v) is 16.9. The highest BCUT2D eigenvalue weighted by Crippen LogP contribution is 2.34. The van der Waals surface area contributed by atoms with E-state index >= 15 is 0 Å². The van der Waals surface area contributed by atoms with Crippen molar-refractivity contribution in [3.63, 3.8) is 0 Å². The van der Waals surface area contributed by atoms with E-state index in [4.69, 9.17) is 4.74 Å². The maximum absolute atomic E-state index is 13.5. The van der Waals surface area contributed by atoms with Crippen molar-refractivity contribution in [2.75, 3.05) is 13.7 Å². The number of fused-ring (bicyclic) bond motifs is 1. The van der Waals surface area contributed by atoms with Gasteiger partial charge in [-0.2, -0.15) is 23.3 Å². The molecule has 2 atom stereocenters. The minimum absolute atomic E-state index is 0.0625. The van der Waals surface area contributed by atoms with Gasteiger partial charge in [0.2, 0.25) is 5.96 Å². The first-order valence-electron chi connectivity index (χ1n) is 9.31. The number of rotatable bonds is 4. The standard InChI is InChI=1S/C20H18F5N5O2/c1-10(9-32-2)26-19(28-18(31)11-6-7-14(21)15(22)8-11)27-17-12-4-3-5-13(20(23,24)25)16(12)29-30-17/h3-8,10,13H,9H2,1-2H3,(H2,26,27,28,30,31)/t10-,13?/m0/s1. The fraction of sp³-hybridized carbons (Fsp3) is 0.300. The fourth-order valence-electron chi connectivity index (χ4n) is 2.95. The molecule has 0 saturated heterocycles. The minimum atomic E-state index is -4.54. The number of hydrazone groups is 1. The topological polar surface area (TPSA) is 87.4 Å². The molecule has 0 fully saturated rings. The van der Waals surface area contributed by atoms with Crippen molar-refractivity contribution < 1.29 is 31.5 Å². The van der Waals surface area contributed by atoms with E-state index in [0.717, 1.165) is 18.2 Å². The van der Waals surface area contributed by atoms with Crippen LogP contribution in [-0.2, 0) is 4.74 Å². The Hall–Kier alpha value is -3.41.